The molecule has 4 N–H and O–H groups in total. The van der Waals surface area contributed by atoms with Crippen molar-refractivity contribution in [2.75, 3.05) is 27.2 Å². The Bertz CT molecular complexity index is 1060. The molecule has 0 bridgehead atoms. The van der Waals surface area contributed by atoms with E-state index in [1.807, 2.05) is 83.1 Å². The van der Waals surface area contributed by atoms with Gasteiger partial charge >= 0.3 is 6.09 Å². The molecule has 2 unspecified atom stereocenters. The average molecular weight is 611 g/mol. The van der Waals surface area contributed by atoms with Gasteiger partial charge in [-0.2, -0.15) is 0 Å². The summed E-state index contributed by atoms with van der Waals surface area (Å²) in [6.07, 6.45) is -0.421. The summed E-state index contributed by atoms with van der Waals surface area (Å²) in [5.74, 6) is 0.609. The molecule has 0 saturated heterocycles. The van der Waals surface area contributed by atoms with Crippen LogP contribution in [0.4, 0.5) is 4.79 Å². The highest BCUT2D eigenvalue weighted by Crippen LogP contribution is 2.31. The summed E-state index contributed by atoms with van der Waals surface area (Å²) in [7, 11) is 3.81. The molecule has 2 aromatic carbocycles. The van der Waals surface area contributed by atoms with Gasteiger partial charge in [-0.1, -0.05) is 56.1 Å². The van der Waals surface area contributed by atoms with Crippen LogP contribution < -0.4 is 16.4 Å². The zero-order chi connectivity index (χ0) is 26.4. The number of hydrogen-bond acceptors (Lipinski definition) is 6. The van der Waals surface area contributed by atoms with Crippen LogP contribution in [0.3, 0.4) is 0 Å². The van der Waals surface area contributed by atoms with E-state index >= 15 is 0 Å². The van der Waals surface area contributed by atoms with Gasteiger partial charge in [-0.3, -0.25) is 0 Å². The number of likely N-dealkylation sites (N-methyl/N-ethyl adjacent to an activating group) is 2. The standard InChI is InChI=1S/C15H23BrN2O2.C11H14BrN3/c1-14(2,3)20-13(19)18-15(4,10-17-5)11-7-6-8-12(16)9-11;1-11(7-15(2)10(13)14-11)8-4-3-5-9(12)6-8/h6-9,17H,10H2,1-5H3,(H,18,19);3-6H,7H2,1-2H3,(H2,13,14). The molecule has 0 spiro atoms. The summed E-state index contributed by atoms with van der Waals surface area (Å²) < 4.78 is 7.39. The molecule has 0 radical (unpaired) electrons. The molecule has 0 fully saturated rings. The zero-order valence-electron chi connectivity index (χ0n) is 21.6. The molecule has 0 saturated carbocycles. The monoisotopic (exact) mass is 609 g/mol. The normalized spacial score (nSPS) is 19.2. The molecule has 0 aromatic heterocycles. The van der Waals surface area contributed by atoms with Gasteiger partial charge in [-0.25, -0.2) is 9.79 Å². The van der Waals surface area contributed by atoms with Crippen molar-refractivity contribution in [3.05, 3.63) is 68.6 Å². The average Bonchev–Trinajstić information content (AvgIpc) is 3.00. The fraction of sp³-hybridized carbons (Fsp3) is 0.462. The molecule has 1 aliphatic rings. The smallest absolute Gasteiger partial charge is 0.408 e. The number of guanidine groups is 1. The van der Waals surface area contributed by atoms with Crippen molar-refractivity contribution in [1.29, 1.82) is 0 Å². The number of carbonyl (C=O) groups excluding carboxylic acids is 1. The fourth-order valence-corrected chi connectivity index (χ4v) is 4.63. The van der Waals surface area contributed by atoms with Crippen molar-refractivity contribution in [1.82, 2.24) is 15.5 Å². The second-order valence-corrected chi connectivity index (χ2v) is 11.9. The molecule has 9 heteroatoms. The Hall–Kier alpha value is -2.10. The maximum atomic E-state index is 12.0. The summed E-state index contributed by atoms with van der Waals surface area (Å²) >= 11 is 6.93. The molecular weight excluding hydrogens is 574 g/mol. The lowest BCUT2D eigenvalue weighted by Gasteiger charge is -2.32. The molecule has 2 atom stereocenters. The lowest BCUT2D eigenvalue weighted by Crippen LogP contribution is -2.50. The molecule has 0 aliphatic carbocycles. The second kappa shape index (κ2) is 11.8. The van der Waals surface area contributed by atoms with E-state index in [0.717, 1.165) is 21.1 Å². The Morgan fingerprint density at radius 3 is 2.23 bits per heavy atom. The summed E-state index contributed by atoms with van der Waals surface area (Å²) in [5, 5.41) is 6.06. The number of alkyl carbamates (subject to hydrolysis) is 1. The highest BCUT2D eigenvalue weighted by atomic mass is 79.9. The van der Waals surface area contributed by atoms with Crippen LogP contribution in [0.15, 0.2) is 62.5 Å². The topological polar surface area (TPSA) is 92.0 Å². The number of nitrogens with two attached hydrogens (primary N) is 1. The number of carbonyl (C=O) groups is 1. The van der Waals surface area contributed by atoms with Crippen LogP contribution in [0.5, 0.6) is 0 Å². The van der Waals surface area contributed by atoms with Crippen LogP contribution in [-0.2, 0) is 15.8 Å². The van der Waals surface area contributed by atoms with Crippen molar-refractivity contribution in [3.63, 3.8) is 0 Å². The highest BCUT2D eigenvalue weighted by Gasteiger charge is 2.34. The maximum absolute atomic E-state index is 12.0. The molecule has 7 nitrogen and oxygen atoms in total. The zero-order valence-corrected chi connectivity index (χ0v) is 24.7. The predicted octanol–water partition coefficient (Wildman–Crippen LogP) is 5.33. The number of rotatable bonds is 5. The lowest BCUT2D eigenvalue weighted by molar-refractivity contribution is 0.0461. The molecular formula is C26H37Br2N5O2. The highest BCUT2D eigenvalue weighted by molar-refractivity contribution is 9.10. The summed E-state index contributed by atoms with van der Waals surface area (Å²) in [5.41, 5.74) is 6.71. The number of nitrogens with zero attached hydrogens (tertiary/aromatic N) is 2. The first-order chi connectivity index (χ1) is 16.2. The number of amides is 1. The number of hydrogen-bond donors (Lipinski definition) is 3. The van der Waals surface area contributed by atoms with Crippen LogP contribution in [0.1, 0.15) is 45.7 Å². The molecule has 1 aliphatic heterocycles. The summed E-state index contributed by atoms with van der Waals surface area (Å²) in [6, 6.07) is 16.1. The largest absolute Gasteiger partial charge is 0.444 e. The predicted molar refractivity (Wildman–Crippen MR) is 151 cm³/mol. The molecule has 1 heterocycles. The van der Waals surface area contributed by atoms with Gasteiger partial charge in [0.05, 0.1) is 5.54 Å². The number of ether oxygens (including phenoxy) is 1. The molecule has 2 aromatic rings. The van der Waals surface area contributed by atoms with Gasteiger partial charge in [0.2, 0.25) is 0 Å². The van der Waals surface area contributed by atoms with Gasteiger partial charge in [-0.15, -0.1) is 0 Å². The third kappa shape index (κ3) is 8.51. The molecule has 35 heavy (non-hydrogen) atoms. The van der Waals surface area contributed by atoms with Gasteiger partial charge in [0.25, 0.3) is 0 Å². The van der Waals surface area contributed by atoms with Crippen LogP contribution in [0, 0.1) is 0 Å². The molecule has 1 amide bonds. The van der Waals surface area contributed by atoms with Gasteiger partial charge in [0.15, 0.2) is 5.96 Å². The van der Waals surface area contributed by atoms with E-state index in [0.29, 0.717) is 12.5 Å². The Morgan fingerprint density at radius 1 is 1.14 bits per heavy atom. The van der Waals surface area contributed by atoms with E-state index in [4.69, 9.17) is 10.5 Å². The van der Waals surface area contributed by atoms with Crippen LogP contribution in [0.25, 0.3) is 0 Å². The fourth-order valence-electron chi connectivity index (χ4n) is 3.83. The van der Waals surface area contributed by atoms with Crippen LogP contribution in [0.2, 0.25) is 0 Å². The molecule has 192 valence electrons. The Kier molecular flexibility index (Phi) is 9.79. The van der Waals surface area contributed by atoms with E-state index in [1.54, 1.807) is 0 Å². The maximum Gasteiger partial charge on any atom is 0.408 e. The number of halogens is 2. The van der Waals surface area contributed by atoms with E-state index < -0.39 is 17.2 Å². The van der Waals surface area contributed by atoms with E-state index in [1.165, 1.54) is 5.56 Å². The first-order valence-corrected chi connectivity index (χ1v) is 13.0. The number of nitrogens with one attached hydrogen (secondary N) is 2. The van der Waals surface area contributed by atoms with Gasteiger partial charge in [0.1, 0.15) is 11.1 Å². The SMILES string of the molecule is CN1CC(C)(c2cccc(Br)c2)N=C1N.CNCC(C)(NC(=O)OC(C)(C)C)c1cccc(Br)c1. The Labute approximate surface area is 226 Å². The minimum atomic E-state index is -0.541. The van der Waals surface area contributed by atoms with Gasteiger partial charge in [-0.05, 0) is 77.1 Å². The van der Waals surface area contributed by atoms with Crippen molar-refractivity contribution in [2.45, 2.75) is 51.3 Å². The Balaban J connectivity index is 0.000000256. The third-order valence-electron chi connectivity index (χ3n) is 5.51. The third-order valence-corrected chi connectivity index (χ3v) is 6.50. The Morgan fingerprint density at radius 2 is 1.74 bits per heavy atom. The number of benzene rings is 2. The van der Waals surface area contributed by atoms with E-state index in [2.05, 4.69) is 66.5 Å². The van der Waals surface area contributed by atoms with Crippen molar-refractivity contribution < 1.29 is 9.53 Å². The minimum Gasteiger partial charge on any atom is -0.444 e. The van der Waals surface area contributed by atoms with Gasteiger partial charge < -0.3 is 26.0 Å². The van der Waals surface area contributed by atoms with Crippen molar-refractivity contribution in [3.8, 4) is 0 Å². The minimum absolute atomic E-state index is 0.220. The number of aliphatic imine (C=N–C) groups is 1. The van der Waals surface area contributed by atoms with E-state index in [9.17, 15) is 4.79 Å². The summed E-state index contributed by atoms with van der Waals surface area (Å²) in [4.78, 5) is 18.5. The van der Waals surface area contributed by atoms with E-state index in [-0.39, 0.29) is 5.54 Å². The first-order valence-electron chi connectivity index (χ1n) is 11.4. The molecule has 3 rings (SSSR count). The van der Waals surface area contributed by atoms with Crippen molar-refractivity contribution in [2.24, 2.45) is 10.7 Å². The first kappa shape index (κ1) is 29.1. The second-order valence-electron chi connectivity index (χ2n) is 10.1. The lowest BCUT2D eigenvalue weighted by atomic mass is 9.92. The van der Waals surface area contributed by atoms with Crippen LogP contribution in [-0.4, -0.2) is 49.7 Å². The van der Waals surface area contributed by atoms with Gasteiger partial charge in [0, 0.05) is 29.1 Å². The van der Waals surface area contributed by atoms with Crippen LogP contribution >= 0.6 is 31.9 Å². The quantitative estimate of drug-likeness (QED) is 0.425. The van der Waals surface area contributed by atoms with Crippen molar-refractivity contribution >= 4 is 43.9 Å². The summed E-state index contributed by atoms with van der Waals surface area (Å²) in [6.45, 7) is 11.0.